The Bertz CT molecular complexity index is 574. The minimum absolute atomic E-state index is 0.108. The Kier molecular flexibility index (Phi) is 4.20. The van der Waals surface area contributed by atoms with Crippen LogP contribution in [0.1, 0.15) is 18.9 Å². The molecule has 0 bridgehead atoms. The van der Waals surface area contributed by atoms with Crippen molar-refractivity contribution in [2.45, 2.75) is 31.2 Å². The van der Waals surface area contributed by atoms with Crippen molar-refractivity contribution in [1.82, 2.24) is 4.31 Å². The average Bonchev–Trinajstić information content (AvgIpc) is 2.35. The first kappa shape index (κ1) is 14.8. The number of benzene rings is 1. The second-order valence-corrected chi connectivity index (χ2v) is 7.47. The summed E-state index contributed by atoms with van der Waals surface area (Å²) >= 11 is 6.00. The Hall–Kier alpha value is -0.620. The van der Waals surface area contributed by atoms with E-state index in [-0.39, 0.29) is 10.9 Å². The van der Waals surface area contributed by atoms with Gasteiger partial charge in [0.2, 0.25) is 10.0 Å². The number of nitrogens with two attached hydrogens (primary N) is 1. The van der Waals surface area contributed by atoms with Crippen LogP contribution in [-0.2, 0) is 10.0 Å². The van der Waals surface area contributed by atoms with Crippen molar-refractivity contribution in [1.29, 1.82) is 0 Å². The van der Waals surface area contributed by atoms with E-state index < -0.39 is 10.0 Å². The molecule has 1 fully saturated rings. The van der Waals surface area contributed by atoms with E-state index in [1.165, 1.54) is 4.31 Å². The SMILES string of the molecule is Cc1c(Cl)cccc1S(=O)(=O)N1CCC(C)C(N)C1. The van der Waals surface area contributed by atoms with E-state index in [9.17, 15) is 8.42 Å². The van der Waals surface area contributed by atoms with Gasteiger partial charge in [0, 0.05) is 24.2 Å². The molecule has 0 saturated carbocycles. The molecule has 0 aliphatic carbocycles. The highest BCUT2D eigenvalue weighted by molar-refractivity contribution is 7.89. The van der Waals surface area contributed by atoms with Gasteiger partial charge in [-0.1, -0.05) is 24.6 Å². The van der Waals surface area contributed by atoms with Crippen LogP contribution in [0.3, 0.4) is 0 Å². The third-order valence-corrected chi connectivity index (χ3v) is 6.23. The molecule has 2 N–H and O–H groups in total. The minimum Gasteiger partial charge on any atom is -0.326 e. The quantitative estimate of drug-likeness (QED) is 0.909. The van der Waals surface area contributed by atoms with E-state index in [4.69, 9.17) is 17.3 Å². The highest BCUT2D eigenvalue weighted by Crippen LogP contribution is 2.28. The van der Waals surface area contributed by atoms with Crippen LogP contribution in [0.25, 0.3) is 0 Å². The predicted octanol–water partition coefficient (Wildman–Crippen LogP) is 2.01. The van der Waals surface area contributed by atoms with Crippen LogP contribution in [-0.4, -0.2) is 31.9 Å². The van der Waals surface area contributed by atoms with Crippen molar-refractivity contribution in [3.8, 4) is 0 Å². The van der Waals surface area contributed by atoms with Gasteiger partial charge >= 0.3 is 0 Å². The molecule has 6 heteroatoms. The smallest absolute Gasteiger partial charge is 0.243 e. The van der Waals surface area contributed by atoms with Gasteiger partial charge in [-0.3, -0.25) is 0 Å². The molecule has 1 heterocycles. The molecule has 2 atom stereocenters. The van der Waals surface area contributed by atoms with Crippen LogP contribution < -0.4 is 5.73 Å². The fourth-order valence-electron chi connectivity index (χ4n) is 2.29. The molecule has 1 aromatic rings. The van der Waals surface area contributed by atoms with Gasteiger partial charge < -0.3 is 5.73 Å². The molecule has 0 aromatic heterocycles. The molecule has 19 heavy (non-hydrogen) atoms. The Morgan fingerprint density at radius 3 is 2.74 bits per heavy atom. The third kappa shape index (κ3) is 2.79. The Morgan fingerprint density at radius 2 is 2.11 bits per heavy atom. The molecule has 0 radical (unpaired) electrons. The van der Waals surface area contributed by atoms with Crippen molar-refractivity contribution < 1.29 is 8.42 Å². The normalized spacial score (nSPS) is 25.5. The van der Waals surface area contributed by atoms with Crippen LogP contribution >= 0.6 is 11.6 Å². The molecule has 1 aromatic carbocycles. The van der Waals surface area contributed by atoms with Crippen LogP contribution in [0.15, 0.2) is 23.1 Å². The van der Waals surface area contributed by atoms with E-state index in [2.05, 4.69) is 6.92 Å². The van der Waals surface area contributed by atoms with Crippen LogP contribution in [0, 0.1) is 12.8 Å². The number of nitrogens with zero attached hydrogens (tertiary/aromatic N) is 1. The number of hydrogen-bond acceptors (Lipinski definition) is 3. The maximum absolute atomic E-state index is 12.6. The molecule has 1 aliphatic rings. The van der Waals surface area contributed by atoms with Gasteiger partial charge in [-0.15, -0.1) is 0 Å². The van der Waals surface area contributed by atoms with Crippen molar-refractivity contribution in [2.75, 3.05) is 13.1 Å². The van der Waals surface area contributed by atoms with Crippen molar-refractivity contribution in [3.63, 3.8) is 0 Å². The van der Waals surface area contributed by atoms with Crippen molar-refractivity contribution in [2.24, 2.45) is 11.7 Å². The summed E-state index contributed by atoms with van der Waals surface area (Å²) in [6.07, 6.45) is 0.792. The molecule has 2 unspecified atom stereocenters. The van der Waals surface area contributed by atoms with Gasteiger partial charge in [-0.05, 0) is 37.0 Å². The second kappa shape index (κ2) is 5.40. The predicted molar refractivity (Wildman–Crippen MR) is 76.7 cm³/mol. The summed E-state index contributed by atoms with van der Waals surface area (Å²) in [7, 11) is -3.50. The first-order valence-corrected chi connectivity index (χ1v) is 8.16. The summed E-state index contributed by atoms with van der Waals surface area (Å²) in [5, 5.41) is 0.468. The molecule has 106 valence electrons. The molecular weight excluding hydrogens is 284 g/mol. The second-order valence-electron chi connectivity index (χ2n) is 5.16. The highest BCUT2D eigenvalue weighted by Gasteiger charge is 2.33. The largest absolute Gasteiger partial charge is 0.326 e. The zero-order chi connectivity index (χ0) is 14.2. The molecule has 2 rings (SSSR count). The molecule has 4 nitrogen and oxygen atoms in total. The molecule has 1 saturated heterocycles. The van der Waals surface area contributed by atoms with Gasteiger partial charge in [0.15, 0.2) is 0 Å². The van der Waals surface area contributed by atoms with Crippen LogP contribution in [0.2, 0.25) is 5.02 Å². The molecule has 0 spiro atoms. The monoisotopic (exact) mass is 302 g/mol. The average molecular weight is 303 g/mol. The summed E-state index contributed by atoms with van der Waals surface area (Å²) in [6.45, 7) is 4.67. The number of piperidine rings is 1. The van der Waals surface area contributed by atoms with Crippen LogP contribution in [0.4, 0.5) is 0 Å². The number of sulfonamides is 1. The van der Waals surface area contributed by atoms with Gasteiger partial charge in [0.05, 0.1) is 4.90 Å². The lowest BCUT2D eigenvalue weighted by Crippen LogP contribution is -2.49. The maximum Gasteiger partial charge on any atom is 0.243 e. The summed E-state index contributed by atoms with van der Waals surface area (Å²) in [6, 6.07) is 4.84. The van der Waals surface area contributed by atoms with Gasteiger partial charge in [0.1, 0.15) is 0 Å². The van der Waals surface area contributed by atoms with Gasteiger partial charge in [-0.25, -0.2) is 8.42 Å². The number of rotatable bonds is 2. The summed E-state index contributed by atoms with van der Waals surface area (Å²) < 4.78 is 26.7. The van der Waals surface area contributed by atoms with E-state index in [0.29, 0.717) is 29.6 Å². The van der Waals surface area contributed by atoms with Gasteiger partial charge in [0.25, 0.3) is 0 Å². The molecular formula is C13H19ClN2O2S. The Labute approximate surface area is 119 Å². The van der Waals surface area contributed by atoms with Crippen molar-refractivity contribution >= 4 is 21.6 Å². The summed E-state index contributed by atoms with van der Waals surface area (Å²) in [5.74, 6) is 0.354. The lowest BCUT2D eigenvalue weighted by molar-refractivity contribution is 0.253. The lowest BCUT2D eigenvalue weighted by atomic mass is 9.96. The molecule has 1 aliphatic heterocycles. The Balaban J connectivity index is 2.35. The lowest BCUT2D eigenvalue weighted by Gasteiger charge is -2.34. The zero-order valence-electron chi connectivity index (χ0n) is 11.1. The Morgan fingerprint density at radius 1 is 1.42 bits per heavy atom. The van der Waals surface area contributed by atoms with E-state index in [1.54, 1.807) is 25.1 Å². The summed E-state index contributed by atoms with van der Waals surface area (Å²) in [4.78, 5) is 0.279. The minimum atomic E-state index is -3.50. The fourth-order valence-corrected chi connectivity index (χ4v) is 4.26. The van der Waals surface area contributed by atoms with E-state index in [0.717, 1.165) is 6.42 Å². The van der Waals surface area contributed by atoms with Crippen molar-refractivity contribution in [3.05, 3.63) is 28.8 Å². The topological polar surface area (TPSA) is 63.4 Å². The maximum atomic E-state index is 12.6. The van der Waals surface area contributed by atoms with Crippen LogP contribution in [0.5, 0.6) is 0 Å². The standard InChI is InChI=1S/C13H19ClN2O2S/c1-9-6-7-16(8-12(9)15)19(17,18)13-5-3-4-11(14)10(13)2/h3-5,9,12H,6-8,15H2,1-2H3. The number of halogens is 1. The summed E-state index contributed by atoms with van der Waals surface area (Å²) in [5.41, 5.74) is 6.57. The molecule has 0 amide bonds. The first-order valence-electron chi connectivity index (χ1n) is 6.35. The van der Waals surface area contributed by atoms with E-state index in [1.807, 2.05) is 0 Å². The highest BCUT2D eigenvalue weighted by atomic mass is 35.5. The first-order chi connectivity index (χ1) is 8.84. The van der Waals surface area contributed by atoms with Gasteiger partial charge in [-0.2, -0.15) is 4.31 Å². The number of hydrogen-bond donors (Lipinski definition) is 1. The van der Waals surface area contributed by atoms with E-state index >= 15 is 0 Å². The zero-order valence-corrected chi connectivity index (χ0v) is 12.7. The fraction of sp³-hybridized carbons (Fsp3) is 0.538. The third-order valence-electron chi connectivity index (χ3n) is 3.82.